The Morgan fingerprint density at radius 2 is 2.15 bits per heavy atom. The van der Waals surface area contributed by atoms with Crippen LogP contribution in [0.5, 0.6) is 0 Å². The smallest absolute Gasteiger partial charge is 0.272 e. The van der Waals surface area contributed by atoms with Crippen LogP contribution in [0.3, 0.4) is 0 Å². The lowest BCUT2D eigenvalue weighted by Gasteiger charge is -2.31. The summed E-state index contributed by atoms with van der Waals surface area (Å²) in [7, 11) is 0. The molecular formula is C15H26N4O. The van der Waals surface area contributed by atoms with Gasteiger partial charge in [-0.25, -0.2) is 0 Å². The zero-order valence-corrected chi connectivity index (χ0v) is 12.7. The fourth-order valence-electron chi connectivity index (χ4n) is 2.74. The quantitative estimate of drug-likeness (QED) is 0.790. The molecule has 0 radical (unpaired) electrons. The van der Waals surface area contributed by atoms with E-state index in [1.54, 1.807) is 0 Å². The first kappa shape index (κ1) is 15.0. The topological polar surface area (TPSA) is 83.8 Å². The fraction of sp³-hybridized carbons (Fsp3) is 0.733. The Kier molecular flexibility index (Phi) is 4.48. The van der Waals surface area contributed by atoms with Crippen LogP contribution in [0.4, 0.5) is 0 Å². The molecule has 1 saturated carbocycles. The first-order chi connectivity index (χ1) is 9.41. The van der Waals surface area contributed by atoms with Crippen LogP contribution in [-0.4, -0.2) is 28.7 Å². The van der Waals surface area contributed by atoms with Gasteiger partial charge in [-0.15, -0.1) is 0 Å². The van der Waals surface area contributed by atoms with Crippen LogP contribution in [-0.2, 0) is 5.41 Å². The maximum Gasteiger partial charge on any atom is 0.272 e. The van der Waals surface area contributed by atoms with Gasteiger partial charge in [-0.2, -0.15) is 5.10 Å². The van der Waals surface area contributed by atoms with E-state index in [-0.39, 0.29) is 17.4 Å². The molecule has 0 spiro atoms. The molecule has 2 unspecified atom stereocenters. The molecule has 112 valence electrons. The first-order valence-electron chi connectivity index (χ1n) is 7.48. The van der Waals surface area contributed by atoms with E-state index in [1.807, 2.05) is 6.07 Å². The molecule has 5 heteroatoms. The summed E-state index contributed by atoms with van der Waals surface area (Å²) in [6.07, 6.45) is 4.50. The van der Waals surface area contributed by atoms with E-state index in [9.17, 15) is 4.79 Å². The molecule has 5 nitrogen and oxygen atoms in total. The maximum absolute atomic E-state index is 12.3. The third-order valence-electron chi connectivity index (χ3n) is 4.15. The second-order valence-corrected chi connectivity index (χ2v) is 6.78. The van der Waals surface area contributed by atoms with Crippen molar-refractivity contribution in [2.45, 2.75) is 57.9 Å². The van der Waals surface area contributed by atoms with Crippen LogP contribution in [0.25, 0.3) is 0 Å². The van der Waals surface area contributed by atoms with Crippen LogP contribution >= 0.6 is 0 Å². The Morgan fingerprint density at radius 3 is 2.75 bits per heavy atom. The van der Waals surface area contributed by atoms with E-state index in [2.05, 4.69) is 36.3 Å². The molecule has 0 saturated heterocycles. The molecule has 0 aromatic carbocycles. The van der Waals surface area contributed by atoms with E-state index in [0.717, 1.165) is 25.0 Å². The van der Waals surface area contributed by atoms with Gasteiger partial charge in [-0.05, 0) is 31.4 Å². The minimum Gasteiger partial charge on any atom is -0.348 e. The standard InChI is InChI=1S/C15H26N4O/c1-15(2,3)13-8-12(18-19-13)14(20)17-11-7-5-4-6-10(11)9-16/h8,10-11H,4-7,9,16H2,1-3H3,(H,17,20)(H,18,19). The van der Waals surface area contributed by atoms with Gasteiger partial charge >= 0.3 is 0 Å². The van der Waals surface area contributed by atoms with Gasteiger partial charge in [0, 0.05) is 17.2 Å². The molecule has 1 aromatic heterocycles. The van der Waals surface area contributed by atoms with Crippen molar-refractivity contribution in [1.29, 1.82) is 0 Å². The zero-order valence-electron chi connectivity index (χ0n) is 12.7. The fourth-order valence-corrected chi connectivity index (χ4v) is 2.74. The summed E-state index contributed by atoms with van der Waals surface area (Å²) in [4.78, 5) is 12.3. The Bertz CT molecular complexity index is 461. The number of carbonyl (C=O) groups excluding carboxylic acids is 1. The number of rotatable bonds is 3. The summed E-state index contributed by atoms with van der Waals surface area (Å²) in [6.45, 7) is 6.91. The van der Waals surface area contributed by atoms with E-state index < -0.39 is 0 Å². The molecule has 1 aliphatic rings. The number of hydrogen-bond acceptors (Lipinski definition) is 3. The van der Waals surface area contributed by atoms with Gasteiger partial charge in [-0.3, -0.25) is 9.89 Å². The Balaban J connectivity index is 2.02. The monoisotopic (exact) mass is 278 g/mol. The predicted octanol–water partition coefficient (Wildman–Crippen LogP) is 1.95. The minimum atomic E-state index is -0.0953. The van der Waals surface area contributed by atoms with E-state index >= 15 is 0 Å². The highest BCUT2D eigenvalue weighted by atomic mass is 16.2. The average molecular weight is 278 g/mol. The molecule has 1 fully saturated rings. The Hall–Kier alpha value is -1.36. The Morgan fingerprint density at radius 1 is 1.45 bits per heavy atom. The van der Waals surface area contributed by atoms with E-state index in [4.69, 9.17) is 5.73 Å². The molecule has 1 aromatic rings. The SMILES string of the molecule is CC(C)(C)c1cc(C(=O)NC2CCCCC2CN)n[nH]1. The van der Waals surface area contributed by atoms with Gasteiger partial charge in [0.05, 0.1) is 0 Å². The summed E-state index contributed by atoms with van der Waals surface area (Å²) in [6, 6.07) is 2.03. The summed E-state index contributed by atoms with van der Waals surface area (Å²) < 4.78 is 0. The lowest BCUT2D eigenvalue weighted by molar-refractivity contribution is 0.0903. The van der Waals surface area contributed by atoms with Crippen molar-refractivity contribution in [3.63, 3.8) is 0 Å². The molecule has 0 aliphatic heterocycles. The van der Waals surface area contributed by atoms with Crippen LogP contribution in [0.2, 0.25) is 0 Å². The van der Waals surface area contributed by atoms with Crippen LogP contribution < -0.4 is 11.1 Å². The second-order valence-electron chi connectivity index (χ2n) is 6.78. The molecule has 1 heterocycles. The highest BCUT2D eigenvalue weighted by Gasteiger charge is 2.27. The van der Waals surface area contributed by atoms with Gasteiger partial charge in [-0.1, -0.05) is 33.6 Å². The average Bonchev–Trinajstić information content (AvgIpc) is 2.89. The van der Waals surface area contributed by atoms with E-state index in [1.165, 1.54) is 6.42 Å². The van der Waals surface area contributed by atoms with Crippen molar-refractivity contribution in [2.24, 2.45) is 11.7 Å². The van der Waals surface area contributed by atoms with Crippen molar-refractivity contribution >= 4 is 5.91 Å². The number of nitrogens with two attached hydrogens (primary N) is 1. The highest BCUT2D eigenvalue weighted by Crippen LogP contribution is 2.24. The summed E-state index contributed by atoms with van der Waals surface area (Å²) in [5, 5.41) is 10.2. The molecule has 2 atom stereocenters. The number of hydrogen-bond donors (Lipinski definition) is 3. The summed E-state index contributed by atoms with van der Waals surface area (Å²) in [5.41, 5.74) is 7.21. The van der Waals surface area contributed by atoms with Gasteiger partial charge in [0.1, 0.15) is 5.69 Å². The largest absolute Gasteiger partial charge is 0.348 e. The van der Waals surface area contributed by atoms with Crippen LogP contribution in [0.15, 0.2) is 6.07 Å². The first-order valence-corrected chi connectivity index (χ1v) is 7.48. The lowest BCUT2D eigenvalue weighted by Crippen LogP contribution is -2.44. The Labute approximate surface area is 120 Å². The molecule has 20 heavy (non-hydrogen) atoms. The molecule has 1 aliphatic carbocycles. The molecule has 2 rings (SSSR count). The number of H-pyrrole nitrogens is 1. The van der Waals surface area contributed by atoms with Gasteiger partial charge in [0.25, 0.3) is 5.91 Å². The number of aromatic nitrogens is 2. The minimum absolute atomic E-state index is 0.0316. The van der Waals surface area contributed by atoms with Crippen LogP contribution in [0.1, 0.15) is 62.6 Å². The third-order valence-corrected chi connectivity index (χ3v) is 4.15. The number of amides is 1. The number of nitrogens with one attached hydrogen (secondary N) is 2. The maximum atomic E-state index is 12.3. The molecule has 4 N–H and O–H groups in total. The van der Waals surface area contributed by atoms with Gasteiger partial charge in [0.2, 0.25) is 0 Å². The second kappa shape index (κ2) is 5.95. The number of carbonyl (C=O) groups is 1. The highest BCUT2D eigenvalue weighted by molar-refractivity contribution is 5.92. The zero-order chi connectivity index (χ0) is 14.8. The number of aromatic amines is 1. The predicted molar refractivity (Wildman–Crippen MR) is 79.6 cm³/mol. The normalized spacial score (nSPS) is 23.6. The van der Waals surface area contributed by atoms with E-state index in [0.29, 0.717) is 18.2 Å². The van der Waals surface area contributed by atoms with Crippen LogP contribution in [0, 0.1) is 5.92 Å². The van der Waals surface area contributed by atoms with Crippen molar-refractivity contribution < 1.29 is 4.79 Å². The number of nitrogens with zero attached hydrogens (tertiary/aromatic N) is 1. The summed E-state index contributed by atoms with van der Waals surface area (Å²) in [5.74, 6) is 0.302. The lowest BCUT2D eigenvalue weighted by atomic mass is 9.84. The van der Waals surface area contributed by atoms with Crippen molar-refractivity contribution in [3.8, 4) is 0 Å². The molecule has 0 bridgehead atoms. The van der Waals surface area contributed by atoms with Gasteiger partial charge in [0.15, 0.2) is 0 Å². The van der Waals surface area contributed by atoms with Crippen molar-refractivity contribution in [1.82, 2.24) is 15.5 Å². The third kappa shape index (κ3) is 3.39. The molecular weight excluding hydrogens is 252 g/mol. The van der Waals surface area contributed by atoms with Crippen molar-refractivity contribution in [2.75, 3.05) is 6.54 Å². The van der Waals surface area contributed by atoms with Crippen molar-refractivity contribution in [3.05, 3.63) is 17.5 Å². The molecule has 1 amide bonds. The summed E-state index contributed by atoms with van der Waals surface area (Å²) >= 11 is 0. The van der Waals surface area contributed by atoms with Gasteiger partial charge < -0.3 is 11.1 Å².